The fourth-order valence-corrected chi connectivity index (χ4v) is 5.16. The molecular formula is C14H22BrNS. The van der Waals surface area contributed by atoms with Crippen LogP contribution < -0.4 is 5.32 Å². The largest absolute Gasteiger partial charge is 0.309 e. The van der Waals surface area contributed by atoms with E-state index in [-0.39, 0.29) is 0 Å². The minimum absolute atomic E-state index is 0.440. The second kappa shape index (κ2) is 5.41. The molecule has 1 saturated carbocycles. The molecule has 17 heavy (non-hydrogen) atoms. The Morgan fingerprint density at radius 2 is 2.12 bits per heavy atom. The second-order valence-electron chi connectivity index (χ2n) is 5.42. The first-order chi connectivity index (χ1) is 8.07. The second-order valence-corrected chi connectivity index (χ2v) is 7.56. The van der Waals surface area contributed by atoms with E-state index in [4.69, 9.17) is 0 Å². The summed E-state index contributed by atoms with van der Waals surface area (Å²) in [5, 5.41) is 3.72. The SMILES string of the molecule is CCNC(c1sc(C)cc1Br)C1(C)CCCC1. The first-order valence-electron chi connectivity index (χ1n) is 6.56. The summed E-state index contributed by atoms with van der Waals surface area (Å²) < 4.78 is 1.29. The summed E-state index contributed by atoms with van der Waals surface area (Å²) in [7, 11) is 0. The van der Waals surface area contributed by atoms with E-state index in [9.17, 15) is 0 Å². The van der Waals surface area contributed by atoms with Gasteiger partial charge in [-0.3, -0.25) is 0 Å². The van der Waals surface area contributed by atoms with Crippen LogP contribution in [0.5, 0.6) is 0 Å². The number of aryl methyl sites for hydroxylation is 1. The molecule has 3 heteroatoms. The predicted molar refractivity (Wildman–Crippen MR) is 79.7 cm³/mol. The van der Waals surface area contributed by atoms with E-state index in [0.717, 1.165) is 6.54 Å². The highest BCUT2D eigenvalue weighted by Crippen LogP contribution is 2.50. The number of hydrogen-bond donors (Lipinski definition) is 1. The summed E-state index contributed by atoms with van der Waals surface area (Å²) in [5.74, 6) is 0. The van der Waals surface area contributed by atoms with Crippen LogP contribution in [0.15, 0.2) is 10.5 Å². The predicted octanol–water partition coefficient (Wildman–Crippen LogP) is 5.05. The first kappa shape index (κ1) is 13.6. The Morgan fingerprint density at radius 3 is 2.59 bits per heavy atom. The minimum atomic E-state index is 0.440. The van der Waals surface area contributed by atoms with Gasteiger partial charge in [0.1, 0.15) is 0 Å². The van der Waals surface area contributed by atoms with Gasteiger partial charge < -0.3 is 5.32 Å². The third kappa shape index (κ3) is 2.77. The Hall–Kier alpha value is 0.140. The highest BCUT2D eigenvalue weighted by atomic mass is 79.9. The first-order valence-corrected chi connectivity index (χ1v) is 8.17. The number of thiophene rings is 1. The van der Waals surface area contributed by atoms with Crippen LogP contribution in [0.1, 0.15) is 55.3 Å². The van der Waals surface area contributed by atoms with Crippen molar-refractivity contribution in [1.82, 2.24) is 5.32 Å². The number of hydrogen-bond acceptors (Lipinski definition) is 2. The smallest absolute Gasteiger partial charge is 0.0480 e. The maximum absolute atomic E-state index is 3.73. The highest BCUT2D eigenvalue weighted by Gasteiger charge is 2.38. The van der Waals surface area contributed by atoms with Crippen LogP contribution in [0.2, 0.25) is 0 Å². The summed E-state index contributed by atoms with van der Waals surface area (Å²) in [6, 6.07) is 2.77. The Labute approximate surface area is 117 Å². The summed E-state index contributed by atoms with van der Waals surface area (Å²) in [6.07, 6.45) is 5.49. The van der Waals surface area contributed by atoms with Crippen molar-refractivity contribution in [3.05, 3.63) is 20.3 Å². The zero-order valence-corrected chi connectivity index (χ0v) is 13.4. The van der Waals surface area contributed by atoms with E-state index in [1.165, 1.54) is 39.9 Å². The van der Waals surface area contributed by atoms with Crippen molar-refractivity contribution in [3.63, 3.8) is 0 Å². The Kier molecular flexibility index (Phi) is 4.32. The summed E-state index contributed by atoms with van der Waals surface area (Å²) in [4.78, 5) is 2.89. The molecule has 1 aliphatic rings. The van der Waals surface area contributed by atoms with Crippen molar-refractivity contribution in [2.45, 2.75) is 52.5 Å². The molecule has 1 aliphatic carbocycles. The monoisotopic (exact) mass is 315 g/mol. The number of nitrogens with one attached hydrogen (secondary N) is 1. The lowest BCUT2D eigenvalue weighted by atomic mass is 9.80. The van der Waals surface area contributed by atoms with Crippen LogP contribution in [0.3, 0.4) is 0 Å². The summed E-state index contributed by atoms with van der Waals surface area (Å²) in [5.41, 5.74) is 0.440. The van der Waals surface area contributed by atoms with Crippen molar-refractivity contribution in [2.24, 2.45) is 5.41 Å². The molecule has 96 valence electrons. The average molecular weight is 316 g/mol. The number of halogens is 1. The van der Waals surface area contributed by atoms with E-state index in [1.54, 1.807) is 0 Å². The van der Waals surface area contributed by atoms with Crippen LogP contribution in [0.25, 0.3) is 0 Å². The number of rotatable bonds is 4. The maximum atomic E-state index is 3.73. The minimum Gasteiger partial charge on any atom is -0.309 e. The van der Waals surface area contributed by atoms with Gasteiger partial charge in [-0.25, -0.2) is 0 Å². The van der Waals surface area contributed by atoms with E-state index in [1.807, 2.05) is 11.3 Å². The van der Waals surface area contributed by atoms with E-state index < -0.39 is 0 Å². The lowest BCUT2D eigenvalue weighted by Gasteiger charge is -2.34. The van der Waals surface area contributed by atoms with Crippen LogP contribution >= 0.6 is 27.3 Å². The Morgan fingerprint density at radius 1 is 1.47 bits per heavy atom. The molecule has 0 bridgehead atoms. The van der Waals surface area contributed by atoms with Gasteiger partial charge in [0.25, 0.3) is 0 Å². The molecule has 2 rings (SSSR count). The van der Waals surface area contributed by atoms with Gasteiger partial charge in [0, 0.05) is 20.3 Å². The fourth-order valence-electron chi connectivity index (χ4n) is 3.03. The molecule has 0 amide bonds. The normalized spacial score (nSPS) is 20.7. The van der Waals surface area contributed by atoms with Gasteiger partial charge in [-0.05, 0) is 53.7 Å². The highest BCUT2D eigenvalue weighted by molar-refractivity contribution is 9.10. The van der Waals surface area contributed by atoms with Crippen LogP contribution in [-0.2, 0) is 0 Å². The van der Waals surface area contributed by atoms with Crippen LogP contribution in [-0.4, -0.2) is 6.54 Å². The van der Waals surface area contributed by atoms with Crippen molar-refractivity contribution in [3.8, 4) is 0 Å². The molecule has 1 atom stereocenters. The molecule has 1 aromatic heterocycles. The van der Waals surface area contributed by atoms with Gasteiger partial charge in [0.05, 0.1) is 0 Å². The Balaban J connectivity index is 2.31. The molecule has 1 N–H and O–H groups in total. The molecule has 1 unspecified atom stereocenters. The van der Waals surface area contributed by atoms with Gasteiger partial charge in [0.15, 0.2) is 0 Å². The molecule has 1 heterocycles. The molecule has 0 radical (unpaired) electrons. The van der Waals surface area contributed by atoms with Gasteiger partial charge in [-0.1, -0.05) is 26.7 Å². The summed E-state index contributed by atoms with van der Waals surface area (Å²) >= 11 is 5.67. The quantitative estimate of drug-likeness (QED) is 0.819. The lowest BCUT2D eigenvalue weighted by Crippen LogP contribution is -2.34. The third-order valence-electron chi connectivity index (χ3n) is 3.95. The zero-order valence-electron chi connectivity index (χ0n) is 11.0. The van der Waals surface area contributed by atoms with Crippen molar-refractivity contribution >= 4 is 27.3 Å². The van der Waals surface area contributed by atoms with Gasteiger partial charge >= 0.3 is 0 Å². The molecule has 1 fully saturated rings. The summed E-state index contributed by atoms with van der Waals surface area (Å²) in [6.45, 7) is 7.90. The molecule has 1 aromatic rings. The fraction of sp³-hybridized carbons (Fsp3) is 0.714. The molecule has 1 nitrogen and oxygen atoms in total. The zero-order chi connectivity index (χ0) is 12.5. The topological polar surface area (TPSA) is 12.0 Å². The van der Waals surface area contributed by atoms with Crippen molar-refractivity contribution < 1.29 is 0 Å². The standard InChI is InChI=1S/C14H22BrNS/c1-4-16-13(14(3)7-5-6-8-14)12-11(15)9-10(2)17-12/h9,13,16H,4-8H2,1-3H3. The van der Waals surface area contributed by atoms with Crippen molar-refractivity contribution in [2.75, 3.05) is 6.54 Å². The van der Waals surface area contributed by atoms with E-state index in [2.05, 4.69) is 48.1 Å². The van der Waals surface area contributed by atoms with Gasteiger partial charge in [0.2, 0.25) is 0 Å². The third-order valence-corrected chi connectivity index (χ3v) is 5.98. The molecule has 0 aromatic carbocycles. The van der Waals surface area contributed by atoms with Gasteiger partial charge in [-0.15, -0.1) is 11.3 Å². The average Bonchev–Trinajstić information content (AvgIpc) is 2.83. The Bertz CT molecular complexity index is 380. The van der Waals surface area contributed by atoms with Crippen LogP contribution in [0, 0.1) is 12.3 Å². The molecular weight excluding hydrogens is 294 g/mol. The van der Waals surface area contributed by atoms with Gasteiger partial charge in [-0.2, -0.15) is 0 Å². The molecule has 0 aliphatic heterocycles. The van der Waals surface area contributed by atoms with E-state index in [0.29, 0.717) is 11.5 Å². The molecule has 0 spiro atoms. The maximum Gasteiger partial charge on any atom is 0.0480 e. The van der Waals surface area contributed by atoms with E-state index >= 15 is 0 Å². The lowest BCUT2D eigenvalue weighted by molar-refractivity contribution is 0.229. The van der Waals surface area contributed by atoms with Crippen LogP contribution in [0.4, 0.5) is 0 Å². The van der Waals surface area contributed by atoms with Crippen molar-refractivity contribution in [1.29, 1.82) is 0 Å². The molecule has 0 saturated heterocycles.